The lowest BCUT2D eigenvalue weighted by molar-refractivity contribution is -0.132. The number of hydrogen-bond donors (Lipinski definition) is 0. The molecule has 1 atom stereocenters. The highest BCUT2D eigenvalue weighted by atomic mass is 35.5. The van der Waals surface area contributed by atoms with Crippen LogP contribution in [0.3, 0.4) is 0 Å². The minimum absolute atomic E-state index is 0.0969. The zero-order valence-electron chi connectivity index (χ0n) is 13.7. The maximum atomic E-state index is 12.8. The van der Waals surface area contributed by atoms with Crippen molar-refractivity contribution in [2.75, 3.05) is 6.54 Å². The third-order valence-electron chi connectivity index (χ3n) is 4.85. The predicted molar refractivity (Wildman–Crippen MR) is 91.0 cm³/mol. The van der Waals surface area contributed by atoms with Crippen LogP contribution >= 0.6 is 23.2 Å². The molecule has 2 aliphatic rings. The van der Waals surface area contributed by atoms with E-state index in [0.29, 0.717) is 12.0 Å². The Kier molecular flexibility index (Phi) is 3.74. The van der Waals surface area contributed by atoms with E-state index in [1.54, 1.807) is 44.2 Å². The molecule has 1 aromatic rings. The summed E-state index contributed by atoms with van der Waals surface area (Å²) in [6.07, 6.45) is 0.493. The maximum absolute atomic E-state index is 12.8. The van der Waals surface area contributed by atoms with Crippen LogP contribution in [0.15, 0.2) is 30.3 Å². The van der Waals surface area contributed by atoms with E-state index in [2.05, 4.69) is 0 Å². The molecule has 1 saturated carbocycles. The highest BCUT2D eigenvalue weighted by Gasteiger charge is 2.66. The molecule has 0 N–H and O–H groups in total. The molecule has 24 heavy (non-hydrogen) atoms. The molecule has 2 fully saturated rings. The van der Waals surface area contributed by atoms with Crippen LogP contribution in [-0.4, -0.2) is 44.1 Å². The summed E-state index contributed by atoms with van der Waals surface area (Å²) < 4.78 is -0.950. The fourth-order valence-corrected chi connectivity index (χ4v) is 3.74. The van der Waals surface area contributed by atoms with Gasteiger partial charge in [-0.2, -0.15) is 0 Å². The summed E-state index contributed by atoms with van der Waals surface area (Å²) in [4.78, 5) is 40.4. The van der Waals surface area contributed by atoms with Gasteiger partial charge in [-0.3, -0.25) is 14.5 Å². The van der Waals surface area contributed by atoms with Crippen LogP contribution in [0.4, 0.5) is 4.79 Å². The van der Waals surface area contributed by atoms with Gasteiger partial charge < -0.3 is 0 Å². The van der Waals surface area contributed by atoms with Gasteiger partial charge in [0.05, 0.1) is 0 Å². The highest BCUT2D eigenvalue weighted by molar-refractivity contribution is 6.51. The summed E-state index contributed by atoms with van der Waals surface area (Å²) >= 11 is 12.2. The van der Waals surface area contributed by atoms with E-state index < -0.39 is 33.1 Å². The number of alkyl halides is 2. The molecule has 0 unspecified atom stereocenters. The molecule has 5 nitrogen and oxygen atoms in total. The van der Waals surface area contributed by atoms with Gasteiger partial charge in [0.15, 0.2) is 0 Å². The zero-order chi connectivity index (χ0) is 17.9. The third kappa shape index (κ3) is 2.42. The van der Waals surface area contributed by atoms with Crippen molar-refractivity contribution < 1.29 is 14.4 Å². The van der Waals surface area contributed by atoms with E-state index in [-0.39, 0.29) is 6.54 Å². The van der Waals surface area contributed by atoms with E-state index in [1.807, 2.05) is 6.92 Å². The summed E-state index contributed by atoms with van der Waals surface area (Å²) in [6.45, 7) is 5.05. The van der Waals surface area contributed by atoms with E-state index in [9.17, 15) is 14.4 Å². The molecule has 1 aliphatic heterocycles. The van der Waals surface area contributed by atoms with Crippen LogP contribution in [-0.2, 0) is 4.79 Å². The number of amides is 4. The number of nitrogens with zero attached hydrogens (tertiary/aromatic N) is 2. The van der Waals surface area contributed by atoms with Crippen molar-refractivity contribution in [1.82, 2.24) is 9.80 Å². The lowest BCUT2D eigenvalue weighted by Gasteiger charge is -2.25. The number of hydrogen-bond acceptors (Lipinski definition) is 3. The van der Waals surface area contributed by atoms with Crippen LogP contribution in [0.2, 0.25) is 0 Å². The lowest BCUT2D eigenvalue weighted by atomic mass is 10.0. The highest BCUT2D eigenvalue weighted by Crippen LogP contribution is 2.64. The number of imide groups is 2. The van der Waals surface area contributed by atoms with Crippen molar-refractivity contribution in [1.29, 1.82) is 0 Å². The van der Waals surface area contributed by atoms with Gasteiger partial charge in [-0.25, -0.2) is 9.69 Å². The molecule has 3 rings (SSSR count). The summed E-state index contributed by atoms with van der Waals surface area (Å²) in [5.41, 5.74) is -1.45. The molecule has 0 bridgehead atoms. The van der Waals surface area contributed by atoms with Gasteiger partial charge in [0.25, 0.3) is 11.8 Å². The monoisotopic (exact) mass is 368 g/mol. The fraction of sp³-hybridized carbons (Fsp3) is 0.471. The molecule has 4 amide bonds. The van der Waals surface area contributed by atoms with E-state index in [4.69, 9.17) is 23.2 Å². The number of halogens is 2. The van der Waals surface area contributed by atoms with Gasteiger partial charge in [-0.05, 0) is 32.4 Å². The van der Waals surface area contributed by atoms with Gasteiger partial charge in [0, 0.05) is 17.5 Å². The van der Waals surface area contributed by atoms with E-state index in [1.165, 1.54) is 0 Å². The number of carbonyl (C=O) groups is 3. The molecule has 1 aromatic carbocycles. The van der Waals surface area contributed by atoms with Gasteiger partial charge in [-0.15, -0.1) is 23.2 Å². The maximum Gasteiger partial charge on any atom is 0.334 e. The Bertz CT molecular complexity index is 733. The zero-order valence-corrected chi connectivity index (χ0v) is 15.2. The van der Waals surface area contributed by atoms with Crippen LogP contribution in [0.25, 0.3) is 0 Å². The molecule has 0 spiro atoms. The second-order valence-electron chi connectivity index (χ2n) is 7.18. The second-order valence-corrected chi connectivity index (χ2v) is 8.67. The molecular formula is C17H18Cl2N2O3. The van der Waals surface area contributed by atoms with Gasteiger partial charge in [-0.1, -0.05) is 25.1 Å². The Morgan fingerprint density at radius 1 is 1.12 bits per heavy atom. The molecule has 1 heterocycles. The standard InChI is InChI=1S/C17H18Cl2N2O3/c1-15(2)13(23)20(10-16(3)9-17(16,18)19)14(24)21(15)12(22)11-7-5-4-6-8-11/h4-8H,9-10H2,1-3H3/t16-/m1/s1. The van der Waals surface area contributed by atoms with Crippen LogP contribution in [0.5, 0.6) is 0 Å². The fourth-order valence-electron chi connectivity index (χ4n) is 3.03. The number of benzene rings is 1. The summed E-state index contributed by atoms with van der Waals surface area (Å²) in [5, 5.41) is 0. The van der Waals surface area contributed by atoms with Crippen LogP contribution < -0.4 is 0 Å². The Balaban J connectivity index is 1.90. The number of urea groups is 1. The minimum atomic E-state index is -1.25. The van der Waals surface area contributed by atoms with Crippen molar-refractivity contribution in [3.63, 3.8) is 0 Å². The Morgan fingerprint density at radius 2 is 1.67 bits per heavy atom. The number of rotatable bonds is 3. The third-order valence-corrected chi connectivity index (χ3v) is 6.03. The summed E-state index contributed by atoms with van der Waals surface area (Å²) in [7, 11) is 0. The predicted octanol–water partition coefficient (Wildman–Crippen LogP) is 3.45. The lowest BCUT2D eigenvalue weighted by Crippen LogP contribution is -2.47. The van der Waals surface area contributed by atoms with Crippen LogP contribution in [0, 0.1) is 5.41 Å². The normalized spacial score (nSPS) is 27.5. The minimum Gasteiger partial charge on any atom is -0.272 e. The first-order valence-electron chi connectivity index (χ1n) is 7.65. The SMILES string of the molecule is CC1(C)C(=O)N(C[C@@]2(C)CC2(Cl)Cl)C(=O)N1C(=O)c1ccccc1. The van der Waals surface area contributed by atoms with Crippen molar-refractivity contribution in [3.8, 4) is 0 Å². The average molecular weight is 369 g/mol. The molecule has 1 saturated heterocycles. The van der Waals surface area contributed by atoms with Crippen molar-refractivity contribution in [3.05, 3.63) is 35.9 Å². The molecule has 0 aromatic heterocycles. The second kappa shape index (κ2) is 5.20. The van der Waals surface area contributed by atoms with E-state index in [0.717, 1.165) is 9.80 Å². The van der Waals surface area contributed by atoms with E-state index >= 15 is 0 Å². The molecular weight excluding hydrogens is 351 g/mol. The van der Waals surface area contributed by atoms with Crippen molar-refractivity contribution >= 4 is 41.0 Å². The topological polar surface area (TPSA) is 57.7 Å². The van der Waals surface area contributed by atoms with Crippen molar-refractivity contribution in [2.45, 2.75) is 37.1 Å². The Morgan fingerprint density at radius 3 is 2.17 bits per heavy atom. The average Bonchev–Trinajstić information content (AvgIpc) is 2.96. The largest absolute Gasteiger partial charge is 0.334 e. The van der Waals surface area contributed by atoms with Crippen molar-refractivity contribution in [2.24, 2.45) is 5.41 Å². The Labute approximate surface area is 150 Å². The number of carbonyl (C=O) groups excluding carboxylic acids is 3. The molecule has 128 valence electrons. The first-order valence-corrected chi connectivity index (χ1v) is 8.40. The van der Waals surface area contributed by atoms with Gasteiger partial charge in [0.2, 0.25) is 0 Å². The molecule has 7 heteroatoms. The quantitative estimate of drug-likeness (QED) is 0.606. The summed E-state index contributed by atoms with van der Waals surface area (Å²) in [5.74, 6) is -0.917. The first-order chi connectivity index (χ1) is 11.0. The smallest absolute Gasteiger partial charge is 0.272 e. The molecule has 1 aliphatic carbocycles. The van der Waals surface area contributed by atoms with Gasteiger partial charge >= 0.3 is 6.03 Å². The molecule has 0 radical (unpaired) electrons. The van der Waals surface area contributed by atoms with Crippen LogP contribution in [0.1, 0.15) is 37.6 Å². The first kappa shape index (κ1) is 17.2. The Hall–Kier alpha value is -1.59. The summed E-state index contributed by atoms with van der Waals surface area (Å²) in [6, 6.07) is 7.80. The van der Waals surface area contributed by atoms with Gasteiger partial charge in [0.1, 0.15) is 9.87 Å².